The first-order chi connectivity index (χ1) is 17.0. The Morgan fingerprint density at radius 3 is 2.17 bits per heavy atom. The Kier molecular flexibility index (Phi) is 9.03. The van der Waals surface area contributed by atoms with Crippen molar-refractivity contribution in [1.29, 1.82) is 0 Å². The highest BCUT2D eigenvalue weighted by atomic mass is 28.3. The Morgan fingerprint density at radius 2 is 1.49 bits per heavy atom. The molecule has 0 N–H and O–H groups in total. The summed E-state index contributed by atoms with van der Waals surface area (Å²) in [6, 6.07) is 21.7. The minimum atomic E-state index is -0.823. The van der Waals surface area contributed by atoms with E-state index in [9.17, 15) is 8.78 Å². The van der Waals surface area contributed by atoms with Gasteiger partial charge >= 0.3 is 0 Å². The molecule has 0 saturated carbocycles. The van der Waals surface area contributed by atoms with Crippen LogP contribution in [0.25, 0.3) is 11.1 Å². The van der Waals surface area contributed by atoms with E-state index in [1.165, 1.54) is 49.5 Å². The van der Waals surface area contributed by atoms with E-state index >= 15 is 4.39 Å². The van der Waals surface area contributed by atoms with Gasteiger partial charge in [0.05, 0.1) is 0 Å². The molecule has 0 atom stereocenters. The first kappa shape index (κ1) is 25.5. The molecule has 1 aliphatic rings. The topological polar surface area (TPSA) is 0 Å². The molecule has 0 bridgehead atoms. The zero-order valence-corrected chi connectivity index (χ0v) is 21.5. The van der Waals surface area contributed by atoms with Crippen LogP contribution in [0.15, 0.2) is 72.8 Å². The average molecular weight is 492 g/mol. The van der Waals surface area contributed by atoms with Crippen LogP contribution in [0.5, 0.6) is 0 Å². The van der Waals surface area contributed by atoms with Gasteiger partial charge in [-0.05, 0) is 84.9 Å². The lowest BCUT2D eigenvalue weighted by atomic mass is 9.91. The number of rotatable bonds is 9. The summed E-state index contributed by atoms with van der Waals surface area (Å²) in [7, 11) is -0.239. The van der Waals surface area contributed by atoms with Crippen LogP contribution >= 0.6 is 0 Å². The van der Waals surface area contributed by atoms with Crippen molar-refractivity contribution in [3.63, 3.8) is 0 Å². The van der Waals surface area contributed by atoms with Gasteiger partial charge in [0.1, 0.15) is 5.82 Å². The lowest BCUT2D eigenvalue weighted by Crippen LogP contribution is -2.20. The molecule has 0 aromatic heterocycles. The van der Waals surface area contributed by atoms with E-state index in [0.29, 0.717) is 24.3 Å². The Hall–Kier alpha value is -2.59. The molecule has 4 heteroatoms. The average Bonchev–Trinajstić information content (AvgIpc) is 2.88. The van der Waals surface area contributed by atoms with E-state index in [0.717, 1.165) is 28.7 Å². The van der Waals surface area contributed by atoms with Gasteiger partial charge in [-0.25, -0.2) is 13.2 Å². The molecule has 0 nitrogen and oxygen atoms in total. The van der Waals surface area contributed by atoms with E-state index < -0.39 is 11.6 Å². The maximum Gasteiger partial charge on any atom is 0.159 e. The molecular weight excluding hydrogens is 457 g/mol. The third kappa shape index (κ3) is 6.97. The highest BCUT2D eigenvalue weighted by Gasteiger charge is 2.23. The lowest BCUT2D eigenvalue weighted by Gasteiger charge is -2.27. The van der Waals surface area contributed by atoms with Crippen molar-refractivity contribution < 1.29 is 13.2 Å². The van der Waals surface area contributed by atoms with Crippen LogP contribution in [-0.2, 0) is 12.8 Å². The fraction of sp³-hybridized carbons (Fsp3) is 0.355. The largest absolute Gasteiger partial charge is 0.206 e. The van der Waals surface area contributed by atoms with Crippen LogP contribution in [0.4, 0.5) is 13.2 Å². The molecule has 35 heavy (non-hydrogen) atoms. The molecule has 183 valence electrons. The van der Waals surface area contributed by atoms with Gasteiger partial charge in [0, 0.05) is 14.4 Å². The second kappa shape index (κ2) is 12.4. The maximum atomic E-state index is 15.1. The number of halogens is 3. The summed E-state index contributed by atoms with van der Waals surface area (Å²) in [5.41, 5.74) is 4.48. The highest BCUT2D eigenvalue weighted by Crippen LogP contribution is 2.36. The Morgan fingerprint density at radius 1 is 0.771 bits per heavy atom. The molecule has 4 rings (SSSR count). The zero-order valence-electron chi connectivity index (χ0n) is 20.5. The molecule has 1 aliphatic heterocycles. The van der Waals surface area contributed by atoms with Crippen LogP contribution in [0.2, 0.25) is 18.1 Å². The van der Waals surface area contributed by atoms with Crippen LogP contribution in [-0.4, -0.2) is 8.80 Å². The highest BCUT2D eigenvalue weighted by molar-refractivity contribution is 6.59. The summed E-state index contributed by atoms with van der Waals surface area (Å²) in [5, 5.41) is 0. The monoisotopic (exact) mass is 491 g/mol. The van der Waals surface area contributed by atoms with Crippen molar-refractivity contribution in [3.05, 3.63) is 107 Å². The van der Waals surface area contributed by atoms with Crippen LogP contribution in [0, 0.1) is 17.5 Å². The molecule has 0 aliphatic carbocycles. The van der Waals surface area contributed by atoms with E-state index in [2.05, 4.69) is 25.1 Å². The summed E-state index contributed by atoms with van der Waals surface area (Å²) < 4.78 is 41.6. The van der Waals surface area contributed by atoms with Gasteiger partial charge in [-0.3, -0.25) is 0 Å². The summed E-state index contributed by atoms with van der Waals surface area (Å²) in [5.74, 6) is -1.31. The molecule has 1 saturated heterocycles. The Balaban J connectivity index is 1.32. The number of hydrogen-bond acceptors (Lipinski definition) is 0. The molecule has 1 fully saturated rings. The smallest absolute Gasteiger partial charge is 0.159 e. The van der Waals surface area contributed by atoms with Crippen molar-refractivity contribution in [2.45, 2.75) is 69.5 Å². The van der Waals surface area contributed by atoms with Gasteiger partial charge in [-0.2, -0.15) is 0 Å². The van der Waals surface area contributed by atoms with E-state index in [4.69, 9.17) is 0 Å². The zero-order chi connectivity index (χ0) is 24.6. The van der Waals surface area contributed by atoms with Crippen molar-refractivity contribution in [2.75, 3.05) is 0 Å². The predicted octanol–water partition coefficient (Wildman–Crippen LogP) is 9.28. The van der Waals surface area contributed by atoms with Crippen molar-refractivity contribution in [2.24, 2.45) is 0 Å². The first-order valence-electron chi connectivity index (χ1n) is 12.8. The quantitative estimate of drug-likeness (QED) is 0.207. The van der Waals surface area contributed by atoms with Gasteiger partial charge in [0.2, 0.25) is 0 Å². The van der Waals surface area contributed by atoms with Crippen molar-refractivity contribution in [3.8, 4) is 11.1 Å². The fourth-order valence-electron chi connectivity index (χ4n) is 5.04. The normalized spacial score (nSPS) is 15.2. The molecule has 1 radical (unpaired) electrons. The van der Waals surface area contributed by atoms with Gasteiger partial charge < -0.3 is 0 Å². The number of aryl methyl sites for hydroxylation is 2. The third-order valence-corrected chi connectivity index (χ3v) is 10.2. The van der Waals surface area contributed by atoms with Crippen LogP contribution in [0.3, 0.4) is 0 Å². The Labute approximate surface area is 209 Å². The molecular formula is C31H34F3Si. The lowest BCUT2D eigenvalue weighted by molar-refractivity contribution is 0.507. The van der Waals surface area contributed by atoms with E-state index in [1.54, 1.807) is 12.1 Å². The van der Waals surface area contributed by atoms with Gasteiger partial charge in [-0.15, -0.1) is 0 Å². The maximum absolute atomic E-state index is 15.1. The van der Waals surface area contributed by atoms with E-state index in [-0.39, 0.29) is 14.6 Å². The predicted molar refractivity (Wildman–Crippen MR) is 142 cm³/mol. The van der Waals surface area contributed by atoms with Crippen molar-refractivity contribution in [1.82, 2.24) is 0 Å². The summed E-state index contributed by atoms with van der Waals surface area (Å²) >= 11 is 0. The second-order valence-electron chi connectivity index (χ2n) is 9.63. The Bertz CT molecular complexity index is 1130. The van der Waals surface area contributed by atoms with Crippen LogP contribution < -0.4 is 0 Å². The van der Waals surface area contributed by atoms with E-state index in [1.807, 2.05) is 30.3 Å². The number of allylic oxidation sites excluding steroid dienone is 2. The van der Waals surface area contributed by atoms with Crippen LogP contribution in [0.1, 0.15) is 55.2 Å². The molecule has 0 amide bonds. The molecule has 3 aromatic rings. The first-order valence-corrected chi connectivity index (χ1v) is 15.0. The summed E-state index contributed by atoms with van der Waals surface area (Å²) in [6.07, 6.45) is 10.7. The minimum absolute atomic E-state index is 0.155. The number of benzene rings is 3. The third-order valence-electron chi connectivity index (χ3n) is 7.18. The molecule has 1 heterocycles. The summed E-state index contributed by atoms with van der Waals surface area (Å²) in [4.78, 5) is 0. The molecule has 3 aromatic carbocycles. The number of hydrogen-bond donors (Lipinski definition) is 0. The molecule has 0 unspecified atom stereocenters. The minimum Gasteiger partial charge on any atom is -0.206 e. The second-order valence-corrected chi connectivity index (χ2v) is 12.6. The standard InChI is InChI=1S/C31H34F3Si/c1-2-3-4-5-18-35-19-16-25(17-20-35)27-13-14-28(30(33)22-27)26-11-8-23(9-12-26)6-7-24-10-15-29(32)31(34)21-24/h3-4,8-15,21-22,25H,2,5-7,16-20H2,1H3. The van der Waals surface area contributed by atoms with Gasteiger partial charge in [0.15, 0.2) is 11.6 Å². The SMILES string of the molecule is CCC=CCC[Si]1CCC(c2ccc(-c3ccc(CCc4ccc(F)c(F)c4)cc3)c(F)c2)CC1. The molecule has 0 spiro atoms. The fourth-order valence-corrected chi connectivity index (χ4v) is 7.87. The van der Waals surface area contributed by atoms with Gasteiger partial charge in [-0.1, -0.05) is 79.7 Å². The van der Waals surface area contributed by atoms with Gasteiger partial charge in [0.25, 0.3) is 0 Å². The van der Waals surface area contributed by atoms with Crippen molar-refractivity contribution >= 4 is 8.80 Å². The summed E-state index contributed by atoms with van der Waals surface area (Å²) in [6.45, 7) is 2.18.